The summed E-state index contributed by atoms with van der Waals surface area (Å²) in [7, 11) is 1.66. The molecule has 5 nitrogen and oxygen atoms in total. The second-order valence-electron chi connectivity index (χ2n) is 6.36. The van der Waals surface area contributed by atoms with E-state index in [-0.39, 0.29) is 11.3 Å². The van der Waals surface area contributed by atoms with Crippen LogP contribution in [0, 0.1) is 0 Å². The summed E-state index contributed by atoms with van der Waals surface area (Å²) in [6, 6.07) is 11.7. The molecule has 0 aliphatic carbocycles. The Morgan fingerprint density at radius 2 is 2.00 bits per heavy atom. The van der Waals surface area contributed by atoms with Crippen molar-refractivity contribution in [1.29, 1.82) is 0 Å². The first-order valence-electron chi connectivity index (χ1n) is 8.68. The summed E-state index contributed by atoms with van der Waals surface area (Å²) < 4.78 is 10.8. The summed E-state index contributed by atoms with van der Waals surface area (Å²) in [5, 5.41) is 3.88. The van der Waals surface area contributed by atoms with Crippen LogP contribution in [0.3, 0.4) is 0 Å². The maximum absolute atomic E-state index is 12.7. The number of amides is 1. The fourth-order valence-corrected chi connectivity index (χ4v) is 3.89. The van der Waals surface area contributed by atoms with Gasteiger partial charge in [-0.25, -0.2) is 4.98 Å². The van der Waals surface area contributed by atoms with Gasteiger partial charge in [-0.3, -0.25) is 4.79 Å². The molecule has 0 atom stereocenters. The van der Waals surface area contributed by atoms with E-state index in [4.69, 9.17) is 9.47 Å². The van der Waals surface area contributed by atoms with Gasteiger partial charge in [0.2, 0.25) is 0 Å². The normalized spacial score (nSPS) is 16.1. The van der Waals surface area contributed by atoms with E-state index < -0.39 is 0 Å². The molecule has 26 heavy (non-hydrogen) atoms. The molecule has 0 spiro atoms. The van der Waals surface area contributed by atoms with E-state index in [1.807, 2.05) is 24.5 Å². The summed E-state index contributed by atoms with van der Waals surface area (Å²) in [4.78, 5) is 17.0. The van der Waals surface area contributed by atoms with E-state index >= 15 is 0 Å². The van der Waals surface area contributed by atoms with Crippen LogP contribution in [0.1, 0.15) is 28.8 Å². The Morgan fingerprint density at radius 1 is 1.27 bits per heavy atom. The number of aromatic nitrogens is 1. The lowest BCUT2D eigenvalue weighted by Gasteiger charge is -2.38. The minimum absolute atomic E-state index is 0.0816. The highest BCUT2D eigenvalue weighted by Gasteiger charge is 2.35. The standard InChI is InChI=1S/C20H24N2O3S/c1-24-16-7-5-15(6-8-16)20(9-12-25-13-10-20)14-22-18(23)17-4-3-11-21-19(17)26-2/h3-8,11H,9-10,12-14H2,1-2H3,(H,22,23). The zero-order valence-electron chi connectivity index (χ0n) is 15.2. The molecule has 0 unspecified atom stereocenters. The van der Waals surface area contributed by atoms with Crippen LogP contribution in [-0.4, -0.2) is 44.0 Å². The van der Waals surface area contributed by atoms with Gasteiger partial charge < -0.3 is 14.8 Å². The zero-order valence-corrected chi connectivity index (χ0v) is 16.0. The SMILES string of the molecule is COc1ccc(C2(CNC(=O)c3cccnc3SC)CCOCC2)cc1. The average molecular weight is 372 g/mol. The predicted molar refractivity (Wildman–Crippen MR) is 103 cm³/mol. The molecule has 2 heterocycles. The Labute approximate surface area is 158 Å². The lowest BCUT2D eigenvalue weighted by Crippen LogP contribution is -2.44. The van der Waals surface area contributed by atoms with Crippen LogP contribution in [-0.2, 0) is 10.2 Å². The van der Waals surface area contributed by atoms with Crippen molar-refractivity contribution in [1.82, 2.24) is 10.3 Å². The van der Waals surface area contributed by atoms with E-state index in [1.54, 1.807) is 19.4 Å². The fraction of sp³-hybridized carbons (Fsp3) is 0.400. The van der Waals surface area contributed by atoms with Gasteiger partial charge in [-0.15, -0.1) is 11.8 Å². The quantitative estimate of drug-likeness (QED) is 0.789. The maximum Gasteiger partial charge on any atom is 0.254 e. The van der Waals surface area contributed by atoms with Gasteiger partial charge in [0.05, 0.1) is 12.7 Å². The summed E-state index contributed by atoms with van der Waals surface area (Å²) in [6.45, 7) is 1.97. The Balaban J connectivity index is 1.79. The van der Waals surface area contributed by atoms with Gasteiger partial charge in [-0.1, -0.05) is 12.1 Å². The van der Waals surface area contributed by atoms with Gasteiger partial charge in [-0.05, 0) is 48.9 Å². The van der Waals surface area contributed by atoms with Crippen molar-refractivity contribution in [3.63, 3.8) is 0 Å². The molecule has 1 saturated heterocycles. The molecule has 1 aromatic carbocycles. The second kappa shape index (κ2) is 8.56. The van der Waals surface area contributed by atoms with E-state index in [9.17, 15) is 4.79 Å². The van der Waals surface area contributed by atoms with Gasteiger partial charge in [-0.2, -0.15) is 0 Å². The van der Waals surface area contributed by atoms with Crippen molar-refractivity contribution in [2.75, 3.05) is 33.1 Å². The number of methoxy groups -OCH3 is 1. The minimum atomic E-state index is -0.123. The summed E-state index contributed by atoms with van der Waals surface area (Å²) in [6.07, 6.45) is 5.39. The molecule has 138 valence electrons. The summed E-state index contributed by atoms with van der Waals surface area (Å²) in [5.74, 6) is 0.752. The predicted octanol–water partition coefficient (Wildman–Crippen LogP) is 3.29. The second-order valence-corrected chi connectivity index (χ2v) is 7.16. The number of carbonyl (C=O) groups excluding carboxylic acids is 1. The number of rotatable bonds is 6. The number of ether oxygens (including phenoxy) is 2. The number of carbonyl (C=O) groups is 1. The van der Waals surface area contributed by atoms with Gasteiger partial charge >= 0.3 is 0 Å². The average Bonchev–Trinajstić information content (AvgIpc) is 2.72. The van der Waals surface area contributed by atoms with Crippen molar-refractivity contribution in [2.24, 2.45) is 0 Å². The van der Waals surface area contributed by atoms with Gasteiger partial charge in [0.15, 0.2) is 0 Å². The number of benzene rings is 1. The van der Waals surface area contributed by atoms with E-state index in [0.717, 1.165) is 23.6 Å². The first-order chi connectivity index (χ1) is 12.7. The van der Waals surface area contributed by atoms with Crippen molar-refractivity contribution in [2.45, 2.75) is 23.3 Å². The van der Waals surface area contributed by atoms with Crippen molar-refractivity contribution >= 4 is 17.7 Å². The van der Waals surface area contributed by atoms with Crippen molar-refractivity contribution < 1.29 is 14.3 Å². The molecule has 1 aromatic heterocycles. The molecule has 0 saturated carbocycles. The van der Waals surface area contributed by atoms with Gasteiger partial charge in [0.1, 0.15) is 10.8 Å². The fourth-order valence-electron chi connectivity index (χ4n) is 3.35. The highest BCUT2D eigenvalue weighted by molar-refractivity contribution is 7.98. The highest BCUT2D eigenvalue weighted by atomic mass is 32.2. The molecule has 1 fully saturated rings. The van der Waals surface area contributed by atoms with Crippen molar-refractivity contribution in [3.8, 4) is 5.75 Å². The van der Waals surface area contributed by atoms with Crippen LogP contribution in [0.5, 0.6) is 5.75 Å². The minimum Gasteiger partial charge on any atom is -0.497 e. The molecule has 1 aliphatic heterocycles. The van der Waals surface area contributed by atoms with Crippen molar-refractivity contribution in [3.05, 3.63) is 53.7 Å². The molecule has 1 aliphatic rings. The van der Waals surface area contributed by atoms with Crippen LogP contribution in [0.15, 0.2) is 47.6 Å². The number of pyridine rings is 1. The third kappa shape index (κ3) is 4.02. The van der Waals surface area contributed by atoms with Crippen LogP contribution in [0.4, 0.5) is 0 Å². The van der Waals surface area contributed by atoms with E-state index in [1.165, 1.54) is 17.3 Å². The number of hydrogen-bond acceptors (Lipinski definition) is 5. The molecule has 2 aromatic rings. The Bertz CT molecular complexity index is 743. The van der Waals surface area contributed by atoms with E-state index in [2.05, 4.69) is 22.4 Å². The van der Waals surface area contributed by atoms with Gasteiger partial charge in [0, 0.05) is 31.4 Å². The molecule has 1 amide bonds. The van der Waals surface area contributed by atoms with Crippen LogP contribution in [0.25, 0.3) is 0 Å². The number of nitrogens with zero attached hydrogens (tertiary/aromatic N) is 1. The third-order valence-corrected chi connectivity index (χ3v) is 5.66. The lowest BCUT2D eigenvalue weighted by atomic mass is 9.74. The van der Waals surface area contributed by atoms with Crippen LogP contribution < -0.4 is 10.1 Å². The summed E-state index contributed by atoms with van der Waals surface area (Å²) in [5.41, 5.74) is 1.71. The zero-order chi connectivity index (χ0) is 18.4. The molecular weight excluding hydrogens is 348 g/mol. The third-order valence-electron chi connectivity index (χ3n) is 4.95. The van der Waals surface area contributed by atoms with E-state index in [0.29, 0.717) is 25.3 Å². The highest BCUT2D eigenvalue weighted by Crippen LogP contribution is 2.35. The lowest BCUT2D eigenvalue weighted by molar-refractivity contribution is 0.0486. The van der Waals surface area contributed by atoms with Crippen LogP contribution >= 0.6 is 11.8 Å². The number of thioether (sulfide) groups is 1. The smallest absolute Gasteiger partial charge is 0.254 e. The monoisotopic (exact) mass is 372 g/mol. The number of hydrogen-bond donors (Lipinski definition) is 1. The Hall–Kier alpha value is -2.05. The molecule has 1 N–H and O–H groups in total. The first kappa shape index (κ1) is 18.7. The largest absolute Gasteiger partial charge is 0.497 e. The molecule has 3 rings (SSSR count). The van der Waals surface area contributed by atoms with Crippen LogP contribution in [0.2, 0.25) is 0 Å². The first-order valence-corrected chi connectivity index (χ1v) is 9.90. The maximum atomic E-state index is 12.7. The topological polar surface area (TPSA) is 60.5 Å². The Morgan fingerprint density at radius 3 is 2.65 bits per heavy atom. The molecule has 6 heteroatoms. The Kier molecular flexibility index (Phi) is 6.16. The molecule has 0 bridgehead atoms. The molecule has 0 radical (unpaired) electrons. The van der Waals surface area contributed by atoms with Gasteiger partial charge in [0.25, 0.3) is 5.91 Å². The molecular formula is C20H24N2O3S. The summed E-state index contributed by atoms with van der Waals surface area (Å²) >= 11 is 1.48. The number of nitrogens with one attached hydrogen (secondary N) is 1.